The average Bonchev–Trinajstić information content (AvgIpc) is 2.52. The molecule has 1 atom stereocenters. The molecule has 0 radical (unpaired) electrons. The predicted octanol–water partition coefficient (Wildman–Crippen LogP) is 1.96. The molecule has 1 unspecified atom stereocenters. The quantitative estimate of drug-likeness (QED) is 0.857. The van der Waals surface area contributed by atoms with Crippen LogP contribution in [0.4, 0.5) is 0 Å². The first-order valence-electron chi connectivity index (χ1n) is 5.13. The Morgan fingerprint density at radius 1 is 1.53 bits per heavy atom. The number of hydrogen-bond donors (Lipinski definition) is 1. The summed E-state index contributed by atoms with van der Waals surface area (Å²) < 4.78 is 5.00. The van der Waals surface area contributed by atoms with Gasteiger partial charge >= 0.3 is 0 Å². The molecule has 1 aromatic rings. The number of nitrogens with two attached hydrogens (primary N) is 1. The number of hydrogen-bond acceptors (Lipinski definition) is 4. The minimum absolute atomic E-state index is 0.0500. The Balaban J connectivity index is 2.61. The first-order valence-corrected chi connectivity index (χ1v) is 6.01. The van der Waals surface area contributed by atoms with Gasteiger partial charge in [-0.15, -0.1) is 11.3 Å². The van der Waals surface area contributed by atoms with E-state index in [2.05, 4.69) is 31.1 Å². The summed E-state index contributed by atoms with van der Waals surface area (Å²) in [7, 11) is 1.67. The maximum absolute atomic E-state index is 5.88. The van der Waals surface area contributed by atoms with Crippen LogP contribution in [0.2, 0.25) is 0 Å². The van der Waals surface area contributed by atoms with E-state index in [4.69, 9.17) is 10.5 Å². The second-order valence-electron chi connectivity index (χ2n) is 4.80. The molecule has 0 aliphatic carbocycles. The fraction of sp³-hybridized carbons (Fsp3) is 0.727. The molecule has 0 aliphatic heterocycles. The van der Waals surface area contributed by atoms with Crippen molar-refractivity contribution in [2.45, 2.75) is 38.6 Å². The highest BCUT2D eigenvalue weighted by Gasteiger charge is 2.18. The Kier molecular flexibility index (Phi) is 4.25. The molecule has 0 amide bonds. The summed E-state index contributed by atoms with van der Waals surface area (Å²) in [5.41, 5.74) is 7.15. The van der Waals surface area contributed by atoms with Gasteiger partial charge in [0, 0.05) is 30.4 Å². The predicted molar refractivity (Wildman–Crippen MR) is 64.4 cm³/mol. The molecule has 1 aromatic heterocycles. The van der Waals surface area contributed by atoms with E-state index >= 15 is 0 Å². The third-order valence-corrected chi connectivity index (χ3v) is 3.01. The lowest BCUT2D eigenvalue weighted by atomic mass is 9.93. The smallest absolute Gasteiger partial charge is 0.0944 e. The van der Waals surface area contributed by atoms with E-state index in [1.165, 1.54) is 0 Å². The third-order valence-electron chi connectivity index (χ3n) is 2.14. The summed E-state index contributed by atoms with van der Waals surface area (Å²) >= 11 is 1.68. The van der Waals surface area contributed by atoms with Crippen molar-refractivity contribution in [2.24, 2.45) is 5.73 Å². The van der Waals surface area contributed by atoms with Crippen LogP contribution in [0.1, 0.15) is 31.5 Å². The SMILES string of the molecule is COCC(N)Cc1nc(C(C)(C)C)cs1. The van der Waals surface area contributed by atoms with Crippen LogP contribution in [-0.2, 0) is 16.6 Å². The molecule has 86 valence electrons. The minimum Gasteiger partial charge on any atom is -0.383 e. The van der Waals surface area contributed by atoms with Gasteiger partial charge in [0.2, 0.25) is 0 Å². The van der Waals surface area contributed by atoms with Gasteiger partial charge in [0.25, 0.3) is 0 Å². The summed E-state index contributed by atoms with van der Waals surface area (Å²) in [6, 6.07) is 0.0500. The minimum atomic E-state index is 0.0500. The fourth-order valence-corrected chi connectivity index (χ4v) is 2.36. The van der Waals surface area contributed by atoms with Crippen molar-refractivity contribution in [1.29, 1.82) is 0 Å². The van der Waals surface area contributed by atoms with Crippen molar-refractivity contribution in [2.75, 3.05) is 13.7 Å². The fourth-order valence-electron chi connectivity index (χ4n) is 1.25. The third kappa shape index (κ3) is 3.89. The topological polar surface area (TPSA) is 48.1 Å². The monoisotopic (exact) mass is 228 g/mol. The van der Waals surface area contributed by atoms with E-state index in [0.717, 1.165) is 17.1 Å². The maximum atomic E-state index is 5.88. The molecular formula is C11H20N2OS. The van der Waals surface area contributed by atoms with Crippen molar-refractivity contribution in [3.05, 3.63) is 16.1 Å². The Morgan fingerprint density at radius 2 is 2.20 bits per heavy atom. The van der Waals surface area contributed by atoms with Gasteiger partial charge in [0.05, 0.1) is 17.3 Å². The molecule has 0 saturated heterocycles. The number of aromatic nitrogens is 1. The van der Waals surface area contributed by atoms with Crippen LogP contribution in [0, 0.1) is 0 Å². The van der Waals surface area contributed by atoms with E-state index in [-0.39, 0.29) is 11.5 Å². The largest absolute Gasteiger partial charge is 0.383 e. The first-order chi connectivity index (χ1) is 6.93. The highest BCUT2D eigenvalue weighted by molar-refractivity contribution is 7.09. The van der Waals surface area contributed by atoms with Crippen LogP contribution >= 0.6 is 11.3 Å². The molecule has 1 rings (SSSR count). The molecule has 3 nitrogen and oxygen atoms in total. The Morgan fingerprint density at radius 3 is 2.67 bits per heavy atom. The normalized spacial score (nSPS) is 14.2. The number of methoxy groups -OCH3 is 1. The van der Waals surface area contributed by atoms with Gasteiger partial charge in [0.15, 0.2) is 0 Å². The van der Waals surface area contributed by atoms with Crippen LogP contribution in [0.15, 0.2) is 5.38 Å². The first kappa shape index (κ1) is 12.6. The molecule has 0 aliphatic rings. The standard InChI is InChI=1S/C11H20N2OS/c1-11(2,3)9-7-15-10(13-9)5-8(12)6-14-4/h7-8H,5-6,12H2,1-4H3. The molecule has 0 saturated carbocycles. The Bertz CT molecular complexity index is 304. The summed E-state index contributed by atoms with van der Waals surface area (Å²) in [5.74, 6) is 0. The highest BCUT2D eigenvalue weighted by Crippen LogP contribution is 2.24. The second-order valence-corrected chi connectivity index (χ2v) is 5.74. The lowest BCUT2D eigenvalue weighted by Gasteiger charge is -2.14. The van der Waals surface area contributed by atoms with Crippen LogP contribution in [-0.4, -0.2) is 24.7 Å². The molecule has 2 N–H and O–H groups in total. The van der Waals surface area contributed by atoms with Gasteiger partial charge in [-0.05, 0) is 0 Å². The zero-order valence-electron chi connectivity index (χ0n) is 9.91. The molecule has 15 heavy (non-hydrogen) atoms. The summed E-state index contributed by atoms with van der Waals surface area (Å²) in [6.07, 6.45) is 0.800. The lowest BCUT2D eigenvalue weighted by molar-refractivity contribution is 0.180. The molecule has 0 aromatic carbocycles. The summed E-state index contributed by atoms with van der Waals surface area (Å²) in [5, 5.41) is 3.22. The van der Waals surface area contributed by atoms with Crippen molar-refractivity contribution >= 4 is 11.3 Å². The van der Waals surface area contributed by atoms with Gasteiger partial charge in [-0.3, -0.25) is 0 Å². The molecule has 4 heteroatoms. The van der Waals surface area contributed by atoms with Crippen LogP contribution in [0.5, 0.6) is 0 Å². The zero-order valence-corrected chi connectivity index (χ0v) is 10.7. The zero-order chi connectivity index (χ0) is 11.5. The van der Waals surface area contributed by atoms with Crippen molar-refractivity contribution < 1.29 is 4.74 Å². The molecule has 0 fully saturated rings. The average molecular weight is 228 g/mol. The van der Waals surface area contributed by atoms with Gasteiger partial charge < -0.3 is 10.5 Å². The number of ether oxygens (including phenoxy) is 1. The van der Waals surface area contributed by atoms with Gasteiger partial charge in [0.1, 0.15) is 0 Å². The van der Waals surface area contributed by atoms with E-state index in [0.29, 0.717) is 6.61 Å². The van der Waals surface area contributed by atoms with E-state index in [1.807, 2.05) is 0 Å². The molecule has 1 heterocycles. The Labute approximate surface area is 95.7 Å². The van der Waals surface area contributed by atoms with Crippen molar-refractivity contribution in [3.8, 4) is 0 Å². The van der Waals surface area contributed by atoms with Crippen LogP contribution in [0.3, 0.4) is 0 Å². The van der Waals surface area contributed by atoms with E-state index < -0.39 is 0 Å². The van der Waals surface area contributed by atoms with Crippen LogP contribution < -0.4 is 5.73 Å². The molecule has 0 bridgehead atoms. The highest BCUT2D eigenvalue weighted by atomic mass is 32.1. The lowest BCUT2D eigenvalue weighted by Crippen LogP contribution is -2.28. The van der Waals surface area contributed by atoms with Crippen molar-refractivity contribution in [3.63, 3.8) is 0 Å². The van der Waals surface area contributed by atoms with Gasteiger partial charge in [-0.1, -0.05) is 20.8 Å². The van der Waals surface area contributed by atoms with Gasteiger partial charge in [-0.25, -0.2) is 4.98 Å². The van der Waals surface area contributed by atoms with Gasteiger partial charge in [-0.2, -0.15) is 0 Å². The number of rotatable bonds is 4. The molecule has 0 spiro atoms. The number of nitrogens with zero attached hydrogens (tertiary/aromatic N) is 1. The van der Waals surface area contributed by atoms with Crippen molar-refractivity contribution in [1.82, 2.24) is 4.98 Å². The van der Waals surface area contributed by atoms with E-state index in [1.54, 1.807) is 18.4 Å². The van der Waals surface area contributed by atoms with Crippen LogP contribution in [0.25, 0.3) is 0 Å². The summed E-state index contributed by atoms with van der Waals surface area (Å²) in [6.45, 7) is 7.09. The second kappa shape index (κ2) is 5.05. The maximum Gasteiger partial charge on any atom is 0.0944 e. The Hall–Kier alpha value is -0.450. The van der Waals surface area contributed by atoms with E-state index in [9.17, 15) is 0 Å². The number of thiazole rings is 1. The summed E-state index contributed by atoms with van der Waals surface area (Å²) in [4.78, 5) is 4.59. The molecular weight excluding hydrogens is 208 g/mol.